The predicted octanol–water partition coefficient (Wildman–Crippen LogP) is 2.35. The van der Waals surface area contributed by atoms with Crippen molar-refractivity contribution in [2.45, 2.75) is 26.3 Å². The molecule has 2 aromatic rings. The maximum atomic E-state index is 12.1. The number of hydrogen-bond acceptors (Lipinski definition) is 3. The molecule has 0 spiro atoms. The van der Waals surface area contributed by atoms with Crippen LogP contribution in [0.15, 0.2) is 42.7 Å². The average molecular weight is 301 g/mol. The van der Waals surface area contributed by atoms with Crippen molar-refractivity contribution < 1.29 is 14.7 Å². The van der Waals surface area contributed by atoms with E-state index in [2.05, 4.69) is 10.4 Å². The highest BCUT2D eigenvalue weighted by Crippen LogP contribution is 2.15. The zero-order chi connectivity index (χ0) is 16.1. The van der Waals surface area contributed by atoms with Gasteiger partial charge in [0.1, 0.15) is 6.04 Å². The minimum atomic E-state index is -0.814. The summed E-state index contributed by atoms with van der Waals surface area (Å²) in [5, 5.41) is 15.8. The van der Waals surface area contributed by atoms with Gasteiger partial charge in [-0.3, -0.25) is 14.3 Å². The van der Waals surface area contributed by atoms with Gasteiger partial charge in [-0.25, -0.2) is 0 Å². The minimum Gasteiger partial charge on any atom is -0.481 e. The molecule has 6 nitrogen and oxygen atoms in total. The Morgan fingerprint density at radius 2 is 1.95 bits per heavy atom. The second-order valence-electron chi connectivity index (χ2n) is 5.29. The standard InChI is InChI=1S/C16H19N3O3/c1-11(16(21)22)10-13-4-6-14(7-5-13)18-15(20)12(2)19-9-3-8-17-19/h3-9,11-12H,10H2,1-2H3,(H,18,20)(H,21,22). The molecule has 0 saturated carbocycles. The van der Waals surface area contributed by atoms with Crippen LogP contribution in [-0.2, 0) is 16.0 Å². The van der Waals surface area contributed by atoms with E-state index in [1.165, 1.54) is 0 Å². The number of carbonyl (C=O) groups excluding carboxylic acids is 1. The lowest BCUT2D eigenvalue weighted by molar-refractivity contribution is -0.141. The lowest BCUT2D eigenvalue weighted by atomic mass is 10.0. The van der Waals surface area contributed by atoms with E-state index < -0.39 is 17.9 Å². The Morgan fingerprint density at radius 3 is 2.50 bits per heavy atom. The molecule has 2 atom stereocenters. The van der Waals surface area contributed by atoms with Gasteiger partial charge in [0.15, 0.2) is 0 Å². The summed E-state index contributed by atoms with van der Waals surface area (Å²) in [6.45, 7) is 3.44. The van der Waals surface area contributed by atoms with Gasteiger partial charge in [-0.2, -0.15) is 5.10 Å². The fourth-order valence-corrected chi connectivity index (χ4v) is 2.04. The average Bonchev–Trinajstić information content (AvgIpc) is 3.02. The van der Waals surface area contributed by atoms with Crippen molar-refractivity contribution in [2.75, 3.05) is 5.32 Å². The number of benzene rings is 1. The summed E-state index contributed by atoms with van der Waals surface area (Å²) < 4.78 is 1.58. The molecule has 6 heteroatoms. The van der Waals surface area contributed by atoms with Crippen LogP contribution < -0.4 is 5.32 Å². The first-order chi connectivity index (χ1) is 10.5. The molecule has 116 valence electrons. The number of hydrogen-bond donors (Lipinski definition) is 2. The summed E-state index contributed by atoms with van der Waals surface area (Å²) in [5.74, 6) is -1.40. The molecule has 0 fully saturated rings. The summed E-state index contributed by atoms with van der Waals surface area (Å²) in [7, 11) is 0. The summed E-state index contributed by atoms with van der Waals surface area (Å²) in [4.78, 5) is 23.0. The zero-order valence-corrected chi connectivity index (χ0v) is 12.6. The third-order valence-corrected chi connectivity index (χ3v) is 3.49. The van der Waals surface area contributed by atoms with Crippen LogP contribution in [0.25, 0.3) is 0 Å². The van der Waals surface area contributed by atoms with Crippen molar-refractivity contribution in [3.8, 4) is 0 Å². The number of anilines is 1. The first-order valence-corrected chi connectivity index (χ1v) is 7.09. The van der Waals surface area contributed by atoms with Gasteiger partial charge in [-0.1, -0.05) is 19.1 Å². The van der Waals surface area contributed by atoms with Crippen molar-refractivity contribution in [3.63, 3.8) is 0 Å². The van der Waals surface area contributed by atoms with Gasteiger partial charge < -0.3 is 10.4 Å². The number of carboxylic acids is 1. The summed E-state index contributed by atoms with van der Waals surface area (Å²) in [6, 6.07) is 8.57. The lowest BCUT2D eigenvalue weighted by Crippen LogP contribution is -2.23. The van der Waals surface area contributed by atoms with E-state index >= 15 is 0 Å². The van der Waals surface area contributed by atoms with Gasteiger partial charge in [0.2, 0.25) is 5.91 Å². The molecule has 0 radical (unpaired) electrons. The van der Waals surface area contributed by atoms with Gasteiger partial charge in [0.05, 0.1) is 5.92 Å². The Labute approximate surface area is 128 Å². The maximum Gasteiger partial charge on any atom is 0.306 e. The fraction of sp³-hybridized carbons (Fsp3) is 0.312. The quantitative estimate of drug-likeness (QED) is 0.857. The van der Waals surface area contributed by atoms with Crippen molar-refractivity contribution in [1.82, 2.24) is 9.78 Å². The highest BCUT2D eigenvalue weighted by molar-refractivity contribution is 5.93. The Bertz CT molecular complexity index is 635. The number of amides is 1. The fourth-order valence-electron chi connectivity index (χ4n) is 2.04. The van der Waals surface area contributed by atoms with Crippen molar-refractivity contribution in [3.05, 3.63) is 48.3 Å². The second-order valence-corrected chi connectivity index (χ2v) is 5.29. The van der Waals surface area contributed by atoms with E-state index in [9.17, 15) is 9.59 Å². The van der Waals surface area contributed by atoms with Gasteiger partial charge in [-0.05, 0) is 37.1 Å². The number of nitrogens with one attached hydrogen (secondary N) is 1. The summed E-state index contributed by atoms with van der Waals surface area (Å²) in [6.07, 6.45) is 3.83. The van der Waals surface area contributed by atoms with Gasteiger partial charge in [0, 0.05) is 18.1 Å². The van der Waals surface area contributed by atoms with Crippen LogP contribution in [0.4, 0.5) is 5.69 Å². The lowest BCUT2D eigenvalue weighted by Gasteiger charge is -2.13. The van der Waals surface area contributed by atoms with Crippen molar-refractivity contribution in [1.29, 1.82) is 0 Å². The Balaban J connectivity index is 1.96. The highest BCUT2D eigenvalue weighted by Gasteiger charge is 2.15. The van der Waals surface area contributed by atoms with Crippen LogP contribution in [0.1, 0.15) is 25.5 Å². The smallest absolute Gasteiger partial charge is 0.306 e. The molecule has 1 aromatic heterocycles. The molecule has 1 heterocycles. The van der Waals surface area contributed by atoms with E-state index in [-0.39, 0.29) is 5.91 Å². The minimum absolute atomic E-state index is 0.157. The molecule has 0 aliphatic carbocycles. The number of carbonyl (C=O) groups is 2. The normalized spacial score (nSPS) is 13.4. The van der Waals surface area contributed by atoms with Crippen LogP contribution >= 0.6 is 0 Å². The Hall–Kier alpha value is -2.63. The highest BCUT2D eigenvalue weighted by atomic mass is 16.4. The Kier molecular flexibility index (Phi) is 4.93. The summed E-state index contributed by atoms with van der Waals surface area (Å²) in [5.41, 5.74) is 1.60. The monoisotopic (exact) mass is 301 g/mol. The first-order valence-electron chi connectivity index (χ1n) is 7.09. The summed E-state index contributed by atoms with van der Waals surface area (Å²) >= 11 is 0. The second kappa shape index (κ2) is 6.89. The van der Waals surface area contributed by atoms with Crippen LogP contribution in [0.3, 0.4) is 0 Å². The van der Waals surface area contributed by atoms with E-state index in [1.807, 2.05) is 12.1 Å². The Morgan fingerprint density at radius 1 is 1.27 bits per heavy atom. The van der Waals surface area contributed by atoms with Crippen LogP contribution in [0, 0.1) is 5.92 Å². The predicted molar refractivity (Wildman–Crippen MR) is 82.5 cm³/mol. The molecule has 0 bridgehead atoms. The molecule has 22 heavy (non-hydrogen) atoms. The maximum absolute atomic E-state index is 12.1. The molecule has 1 amide bonds. The molecular formula is C16H19N3O3. The van der Waals surface area contributed by atoms with Crippen LogP contribution in [0.2, 0.25) is 0 Å². The van der Waals surface area contributed by atoms with E-state index in [0.29, 0.717) is 12.1 Å². The third kappa shape index (κ3) is 3.94. The molecule has 0 aliphatic heterocycles. The molecule has 2 rings (SSSR count). The molecule has 1 aromatic carbocycles. The number of aliphatic carboxylic acids is 1. The number of nitrogens with zero attached hydrogens (tertiary/aromatic N) is 2. The van der Waals surface area contributed by atoms with Crippen molar-refractivity contribution >= 4 is 17.6 Å². The van der Waals surface area contributed by atoms with Gasteiger partial charge >= 0.3 is 5.97 Å². The zero-order valence-electron chi connectivity index (χ0n) is 12.6. The number of rotatable bonds is 6. The van der Waals surface area contributed by atoms with E-state index in [4.69, 9.17) is 5.11 Å². The molecular weight excluding hydrogens is 282 g/mol. The van der Waals surface area contributed by atoms with Gasteiger partial charge in [0.25, 0.3) is 0 Å². The number of carboxylic acid groups (broad SMARTS) is 1. The van der Waals surface area contributed by atoms with E-state index in [0.717, 1.165) is 5.56 Å². The van der Waals surface area contributed by atoms with Crippen LogP contribution in [0.5, 0.6) is 0 Å². The molecule has 0 saturated heterocycles. The number of aromatic nitrogens is 2. The topological polar surface area (TPSA) is 84.2 Å². The SMILES string of the molecule is CC(Cc1ccc(NC(=O)C(C)n2cccn2)cc1)C(=O)O. The third-order valence-electron chi connectivity index (χ3n) is 3.49. The molecule has 2 unspecified atom stereocenters. The molecule has 2 N–H and O–H groups in total. The van der Waals surface area contributed by atoms with Crippen molar-refractivity contribution in [2.24, 2.45) is 5.92 Å². The van der Waals surface area contributed by atoms with Gasteiger partial charge in [-0.15, -0.1) is 0 Å². The van der Waals surface area contributed by atoms with E-state index in [1.54, 1.807) is 49.1 Å². The largest absolute Gasteiger partial charge is 0.481 e. The first kappa shape index (κ1) is 15.8. The van der Waals surface area contributed by atoms with Crippen LogP contribution in [-0.4, -0.2) is 26.8 Å². The molecule has 0 aliphatic rings.